The van der Waals surface area contributed by atoms with E-state index in [1.165, 1.54) is 11.3 Å². The molecule has 0 saturated carbocycles. The Morgan fingerprint density at radius 3 is 2.55 bits per heavy atom. The molecule has 0 fully saturated rings. The van der Waals surface area contributed by atoms with Gasteiger partial charge < -0.3 is 15.4 Å². The van der Waals surface area contributed by atoms with Crippen LogP contribution in [0.5, 0.6) is 5.75 Å². The lowest BCUT2D eigenvalue weighted by Gasteiger charge is -2.07. The second-order valence-electron chi connectivity index (χ2n) is 6.23. The van der Waals surface area contributed by atoms with Gasteiger partial charge in [0.05, 0.1) is 24.3 Å². The van der Waals surface area contributed by atoms with Crippen molar-refractivity contribution in [3.05, 3.63) is 65.2 Å². The van der Waals surface area contributed by atoms with Crippen LogP contribution < -0.4 is 15.4 Å². The molecular formula is C22H23N3O3S. The van der Waals surface area contributed by atoms with Gasteiger partial charge in [0.25, 0.3) is 5.91 Å². The fraction of sp³-hybridized carbons (Fsp3) is 0.227. The highest BCUT2D eigenvalue weighted by Crippen LogP contribution is 2.32. The Hall–Kier alpha value is -3.19. The van der Waals surface area contributed by atoms with Crippen LogP contribution in [0.3, 0.4) is 0 Å². The number of ether oxygens (including phenoxy) is 1. The maximum atomic E-state index is 12.4. The number of carbonyl (C=O) groups excluding carboxylic acids is 2. The van der Waals surface area contributed by atoms with Crippen molar-refractivity contribution in [1.82, 2.24) is 10.3 Å². The van der Waals surface area contributed by atoms with Crippen LogP contribution in [0.25, 0.3) is 10.6 Å². The van der Waals surface area contributed by atoms with Gasteiger partial charge in [0.1, 0.15) is 10.8 Å². The number of aromatic nitrogens is 1. The number of hydrogen-bond acceptors (Lipinski definition) is 5. The molecule has 0 spiro atoms. The van der Waals surface area contributed by atoms with Crippen LogP contribution in [0.2, 0.25) is 0 Å². The molecule has 2 amide bonds. The molecule has 0 atom stereocenters. The Labute approximate surface area is 173 Å². The topological polar surface area (TPSA) is 80.3 Å². The zero-order valence-corrected chi connectivity index (χ0v) is 17.2. The highest BCUT2D eigenvalue weighted by molar-refractivity contribution is 7.13. The van der Waals surface area contributed by atoms with Gasteiger partial charge in [-0.05, 0) is 50.2 Å². The van der Waals surface area contributed by atoms with Gasteiger partial charge in [0.15, 0.2) is 0 Å². The molecule has 0 bridgehead atoms. The Balaban J connectivity index is 1.63. The molecule has 0 saturated heterocycles. The molecule has 0 unspecified atom stereocenters. The number of carbonyl (C=O) groups is 2. The largest absolute Gasteiger partial charge is 0.493 e. The minimum atomic E-state index is -0.161. The molecule has 3 aromatic rings. The summed E-state index contributed by atoms with van der Waals surface area (Å²) in [6, 6.07) is 14.5. The van der Waals surface area contributed by atoms with E-state index in [1.807, 2.05) is 43.5 Å². The first-order valence-corrected chi connectivity index (χ1v) is 10.3. The molecule has 2 aromatic carbocycles. The smallest absolute Gasteiger partial charge is 0.251 e. The molecule has 3 rings (SSSR count). The average molecular weight is 410 g/mol. The fourth-order valence-electron chi connectivity index (χ4n) is 2.77. The van der Waals surface area contributed by atoms with E-state index in [0.717, 1.165) is 16.3 Å². The van der Waals surface area contributed by atoms with Crippen LogP contribution in [0.1, 0.15) is 29.9 Å². The van der Waals surface area contributed by atoms with E-state index >= 15 is 0 Å². The molecule has 0 aliphatic carbocycles. The van der Waals surface area contributed by atoms with Gasteiger partial charge in [-0.3, -0.25) is 9.59 Å². The predicted octanol–water partition coefficient (Wildman–Crippen LogP) is 4.14. The van der Waals surface area contributed by atoms with Gasteiger partial charge in [-0.2, -0.15) is 0 Å². The van der Waals surface area contributed by atoms with Gasteiger partial charge in [0, 0.05) is 23.2 Å². The maximum Gasteiger partial charge on any atom is 0.251 e. The second kappa shape index (κ2) is 9.84. The lowest BCUT2D eigenvalue weighted by molar-refractivity contribution is -0.115. The summed E-state index contributed by atoms with van der Waals surface area (Å²) >= 11 is 1.49. The molecule has 7 heteroatoms. The second-order valence-corrected chi connectivity index (χ2v) is 7.09. The van der Waals surface area contributed by atoms with Crippen molar-refractivity contribution in [2.24, 2.45) is 0 Å². The van der Waals surface area contributed by atoms with Crippen molar-refractivity contribution in [2.75, 3.05) is 18.5 Å². The third-order valence-electron chi connectivity index (χ3n) is 4.08. The van der Waals surface area contributed by atoms with Crippen LogP contribution in [0, 0.1) is 0 Å². The molecule has 0 radical (unpaired) electrons. The van der Waals surface area contributed by atoms with Crippen LogP contribution in [-0.2, 0) is 11.2 Å². The summed E-state index contributed by atoms with van der Waals surface area (Å²) in [4.78, 5) is 28.7. The van der Waals surface area contributed by atoms with Crippen molar-refractivity contribution in [3.63, 3.8) is 0 Å². The van der Waals surface area contributed by atoms with Crippen LogP contribution in [-0.4, -0.2) is 29.9 Å². The van der Waals surface area contributed by atoms with Crippen LogP contribution >= 0.6 is 11.3 Å². The Morgan fingerprint density at radius 2 is 1.83 bits per heavy atom. The summed E-state index contributed by atoms with van der Waals surface area (Å²) in [7, 11) is 0. The number of benzene rings is 2. The van der Waals surface area contributed by atoms with E-state index in [4.69, 9.17) is 4.74 Å². The Kier molecular flexibility index (Phi) is 6.97. The summed E-state index contributed by atoms with van der Waals surface area (Å²) in [5.74, 6) is 0.492. The first-order chi connectivity index (χ1) is 14.1. The summed E-state index contributed by atoms with van der Waals surface area (Å²) in [6.07, 6.45) is 0.172. The molecule has 1 heterocycles. The summed E-state index contributed by atoms with van der Waals surface area (Å²) in [5.41, 5.74) is 2.82. The summed E-state index contributed by atoms with van der Waals surface area (Å²) in [5, 5.41) is 8.29. The first-order valence-electron chi connectivity index (χ1n) is 9.45. The number of para-hydroxylation sites is 1. The monoisotopic (exact) mass is 409 g/mol. The Morgan fingerprint density at radius 1 is 1.07 bits per heavy atom. The van der Waals surface area contributed by atoms with E-state index < -0.39 is 0 Å². The van der Waals surface area contributed by atoms with Crippen molar-refractivity contribution >= 4 is 28.8 Å². The van der Waals surface area contributed by atoms with Gasteiger partial charge in [-0.1, -0.05) is 12.1 Å². The number of amides is 2. The standard InChI is InChI=1S/C22H23N3O3S/c1-3-23-21(27)15-9-11-16(12-10-15)24-20(26)13-17-14-29-22(25-17)18-7-5-6-8-19(18)28-4-2/h5-12,14H,3-4,13H2,1-2H3,(H,23,27)(H,24,26). The number of nitrogens with one attached hydrogen (secondary N) is 2. The minimum absolute atomic E-state index is 0.132. The maximum absolute atomic E-state index is 12.4. The van der Waals surface area contributed by atoms with Crippen molar-refractivity contribution < 1.29 is 14.3 Å². The fourth-order valence-corrected chi connectivity index (χ4v) is 3.62. The lowest BCUT2D eigenvalue weighted by atomic mass is 10.2. The van der Waals surface area contributed by atoms with Crippen LogP contribution in [0.4, 0.5) is 5.69 Å². The first kappa shape index (κ1) is 20.5. The lowest BCUT2D eigenvalue weighted by Crippen LogP contribution is -2.22. The number of rotatable bonds is 8. The highest BCUT2D eigenvalue weighted by atomic mass is 32.1. The molecule has 0 aliphatic rings. The SMILES string of the molecule is CCNC(=O)c1ccc(NC(=O)Cc2csc(-c3ccccc3OCC)n2)cc1. The zero-order valence-electron chi connectivity index (χ0n) is 16.4. The van der Waals surface area contributed by atoms with E-state index in [9.17, 15) is 9.59 Å². The highest BCUT2D eigenvalue weighted by Gasteiger charge is 2.13. The van der Waals surface area contributed by atoms with Crippen molar-refractivity contribution in [3.8, 4) is 16.3 Å². The molecule has 150 valence electrons. The molecule has 6 nitrogen and oxygen atoms in total. The van der Waals surface area contributed by atoms with Crippen molar-refractivity contribution in [2.45, 2.75) is 20.3 Å². The van der Waals surface area contributed by atoms with E-state index in [2.05, 4.69) is 15.6 Å². The number of anilines is 1. The third-order valence-corrected chi connectivity index (χ3v) is 5.00. The minimum Gasteiger partial charge on any atom is -0.493 e. The molecular weight excluding hydrogens is 386 g/mol. The van der Waals surface area contributed by atoms with E-state index in [1.54, 1.807) is 24.3 Å². The van der Waals surface area contributed by atoms with Gasteiger partial charge in [-0.25, -0.2) is 4.98 Å². The zero-order chi connectivity index (χ0) is 20.6. The van der Waals surface area contributed by atoms with E-state index in [-0.39, 0.29) is 18.2 Å². The van der Waals surface area contributed by atoms with E-state index in [0.29, 0.717) is 30.1 Å². The summed E-state index contributed by atoms with van der Waals surface area (Å²) in [6.45, 7) is 4.96. The Bertz CT molecular complexity index is 983. The predicted molar refractivity (Wildman–Crippen MR) is 116 cm³/mol. The third kappa shape index (κ3) is 5.42. The van der Waals surface area contributed by atoms with Gasteiger partial charge in [-0.15, -0.1) is 11.3 Å². The molecule has 29 heavy (non-hydrogen) atoms. The van der Waals surface area contributed by atoms with Crippen LogP contribution in [0.15, 0.2) is 53.9 Å². The number of nitrogens with zero attached hydrogens (tertiary/aromatic N) is 1. The quantitative estimate of drug-likeness (QED) is 0.586. The molecule has 0 aliphatic heterocycles. The average Bonchev–Trinajstić information content (AvgIpc) is 3.17. The number of hydrogen-bond donors (Lipinski definition) is 2. The molecule has 2 N–H and O–H groups in total. The van der Waals surface area contributed by atoms with Crippen molar-refractivity contribution in [1.29, 1.82) is 0 Å². The normalized spacial score (nSPS) is 10.4. The van der Waals surface area contributed by atoms with Gasteiger partial charge in [0.2, 0.25) is 5.91 Å². The number of thiazole rings is 1. The molecule has 1 aromatic heterocycles. The summed E-state index contributed by atoms with van der Waals surface area (Å²) < 4.78 is 5.66. The van der Waals surface area contributed by atoms with Gasteiger partial charge >= 0.3 is 0 Å².